The van der Waals surface area contributed by atoms with Crippen molar-refractivity contribution in [3.8, 4) is 5.75 Å². The SMILES string of the molecule is CC1CN(Cc2ccc(OCCCn3ccnc3)cc2)CCCO1. The summed E-state index contributed by atoms with van der Waals surface area (Å²) in [6.45, 7) is 7.78. The first-order chi connectivity index (χ1) is 11.8. The highest BCUT2D eigenvalue weighted by Gasteiger charge is 2.14. The second-order valence-corrected chi connectivity index (χ2v) is 6.42. The lowest BCUT2D eigenvalue weighted by molar-refractivity contribution is 0.0668. The molecule has 0 radical (unpaired) electrons. The number of ether oxygens (including phenoxy) is 2. The number of aromatic nitrogens is 2. The number of imidazole rings is 1. The Bertz CT molecular complexity index is 583. The van der Waals surface area contributed by atoms with Gasteiger partial charge in [0, 0.05) is 45.2 Å². The average Bonchev–Trinajstić information content (AvgIpc) is 3.02. The van der Waals surface area contributed by atoms with Gasteiger partial charge in [0.25, 0.3) is 0 Å². The smallest absolute Gasteiger partial charge is 0.119 e. The second kappa shape index (κ2) is 8.85. The zero-order chi connectivity index (χ0) is 16.6. The van der Waals surface area contributed by atoms with Crippen LogP contribution in [0.5, 0.6) is 5.75 Å². The number of benzene rings is 1. The molecular weight excluding hydrogens is 302 g/mol. The lowest BCUT2D eigenvalue weighted by atomic mass is 10.2. The van der Waals surface area contributed by atoms with Crippen molar-refractivity contribution < 1.29 is 9.47 Å². The Balaban J connectivity index is 1.41. The maximum atomic E-state index is 5.82. The molecule has 3 rings (SSSR count). The third-order valence-electron chi connectivity index (χ3n) is 4.25. The maximum Gasteiger partial charge on any atom is 0.119 e. The lowest BCUT2D eigenvalue weighted by Gasteiger charge is -2.21. The monoisotopic (exact) mass is 329 g/mol. The number of hydrogen-bond acceptors (Lipinski definition) is 4. The van der Waals surface area contributed by atoms with Crippen molar-refractivity contribution in [3.63, 3.8) is 0 Å². The van der Waals surface area contributed by atoms with Gasteiger partial charge >= 0.3 is 0 Å². The fourth-order valence-corrected chi connectivity index (χ4v) is 3.03. The predicted octanol–water partition coefficient (Wildman–Crippen LogP) is 2.96. The molecule has 1 aromatic carbocycles. The van der Waals surface area contributed by atoms with E-state index in [1.807, 2.05) is 12.5 Å². The quantitative estimate of drug-likeness (QED) is 0.732. The van der Waals surface area contributed by atoms with E-state index < -0.39 is 0 Å². The fraction of sp³-hybridized carbons (Fsp3) is 0.526. The summed E-state index contributed by atoms with van der Waals surface area (Å²) in [6, 6.07) is 8.48. The first-order valence-corrected chi connectivity index (χ1v) is 8.81. The van der Waals surface area contributed by atoms with Gasteiger partial charge in [0.2, 0.25) is 0 Å². The van der Waals surface area contributed by atoms with Gasteiger partial charge in [-0.05, 0) is 37.5 Å². The Morgan fingerprint density at radius 2 is 2.17 bits per heavy atom. The third kappa shape index (κ3) is 5.35. The number of hydrogen-bond donors (Lipinski definition) is 0. The van der Waals surface area contributed by atoms with Crippen LogP contribution in [0.1, 0.15) is 25.3 Å². The van der Waals surface area contributed by atoms with Crippen LogP contribution in [0.2, 0.25) is 0 Å². The van der Waals surface area contributed by atoms with E-state index in [9.17, 15) is 0 Å². The van der Waals surface area contributed by atoms with Crippen LogP contribution in [0.15, 0.2) is 43.0 Å². The molecule has 1 aliphatic rings. The molecule has 0 saturated carbocycles. The zero-order valence-electron chi connectivity index (χ0n) is 14.4. The minimum Gasteiger partial charge on any atom is -0.494 e. The molecular formula is C19H27N3O2. The van der Waals surface area contributed by atoms with Gasteiger partial charge in [-0.1, -0.05) is 12.1 Å². The van der Waals surface area contributed by atoms with Gasteiger partial charge in [0.15, 0.2) is 0 Å². The Morgan fingerprint density at radius 3 is 2.96 bits per heavy atom. The molecule has 1 saturated heterocycles. The Morgan fingerprint density at radius 1 is 1.29 bits per heavy atom. The molecule has 130 valence electrons. The average molecular weight is 329 g/mol. The van der Waals surface area contributed by atoms with Crippen molar-refractivity contribution in [1.29, 1.82) is 0 Å². The summed E-state index contributed by atoms with van der Waals surface area (Å²) in [5.41, 5.74) is 1.33. The molecule has 0 bridgehead atoms. The molecule has 2 heterocycles. The first-order valence-electron chi connectivity index (χ1n) is 8.81. The van der Waals surface area contributed by atoms with Crippen LogP contribution in [-0.4, -0.2) is 46.9 Å². The summed E-state index contributed by atoms with van der Waals surface area (Å²) >= 11 is 0. The minimum absolute atomic E-state index is 0.325. The number of rotatable bonds is 7. The van der Waals surface area contributed by atoms with E-state index in [1.165, 1.54) is 5.56 Å². The number of nitrogens with zero attached hydrogens (tertiary/aromatic N) is 3. The highest BCUT2D eigenvalue weighted by atomic mass is 16.5. The predicted molar refractivity (Wildman–Crippen MR) is 94.1 cm³/mol. The van der Waals surface area contributed by atoms with Gasteiger partial charge < -0.3 is 14.0 Å². The molecule has 0 spiro atoms. The van der Waals surface area contributed by atoms with Crippen LogP contribution in [-0.2, 0) is 17.8 Å². The standard InChI is InChI=1S/C19H27N3O2/c1-17-14-22(10-3-12-23-17)15-18-4-6-19(7-5-18)24-13-2-9-21-11-8-20-16-21/h4-8,11,16-17H,2-3,9-10,12-15H2,1H3. The van der Waals surface area contributed by atoms with E-state index >= 15 is 0 Å². The maximum absolute atomic E-state index is 5.82. The van der Waals surface area contributed by atoms with E-state index in [-0.39, 0.29) is 0 Å². The minimum atomic E-state index is 0.325. The van der Waals surface area contributed by atoms with E-state index in [1.54, 1.807) is 6.20 Å². The first kappa shape index (κ1) is 17.0. The van der Waals surface area contributed by atoms with Crippen LogP contribution in [0.4, 0.5) is 0 Å². The van der Waals surface area contributed by atoms with Crippen molar-refractivity contribution in [1.82, 2.24) is 14.5 Å². The molecule has 24 heavy (non-hydrogen) atoms. The van der Waals surface area contributed by atoms with Crippen LogP contribution < -0.4 is 4.74 Å². The summed E-state index contributed by atoms with van der Waals surface area (Å²) in [5, 5.41) is 0. The molecule has 1 fully saturated rings. The largest absolute Gasteiger partial charge is 0.494 e. The lowest BCUT2D eigenvalue weighted by Crippen LogP contribution is -2.29. The summed E-state index contributed by atoms with van der Waals surface area (Å²) in [6.07, 6.45) is 8.03. The van der Waals surface area contributed by atoms with Crippen LogP contribution in [0, 0.1) is 0 Å². The highest BCUT2D eigenvalue weighted by molar-refractivity contribution is 5.27. The van der Waals surface area contributed by atoms with E-state index in [4.69, 9.17) is 9.47 Å². The van der Waals surface area contributed by atoms with Crippen LogP contribution in [0.25, 0.3) is 0 Å². The van der Waals surface area contributed by atoms with Crippen molar-refractivity contribution in [3.05, 3.63) is 48.5 Å². The van der Waals surface area contributed by atoms with Gasteiger partial charge in [-0.3, -0.25) is 4.90 Å². The zero-order valence-corrected chi connectivity index (χ0v) is 14.4. The molecule has 0 aliphatic carbocycles. The molecule has 1 atom stereocenters. The Kier molecular flexibility index (Phi) is 6.26. The topological polar surface area (TPSA) is 39.5 Å². The van der Waals surface area contributed by atoms with E-state index in [0.29, 0.717) is 6.10 Å². The van der Waals surface area contributed by atoms with Gasteiger partial charge in [-0.2, -0.15) is 0 Å². The van der Waals surface area contributed by atoms with E-state index in [0.717, 1.165) is 58.0 Å². The molecule has 1 aromatic heterocycles. The second-order valence-electron chi connectivity index (χ2n) is 6.42. The van der Waals surface area contributed by atoms with Crippen molar-refractivity contribution >= 4 is 0 Å². The molecule has 5 heteroatoms. The number of aryl methyl sites for hydroxylation is 1. The van der Waals surface area contributed by atoms with Gasteiger partial charge in [0.05, 0.1) is 19.0 Å². The van der Waals surface area contributed by atoms with Crippen molar-refractivity contribution in [2.24, 2.45) is 0 Å². The molecule has 5 nitrogen and oxygen atoms in total. The summed E-state index contributed by atoms with van der Waals surface area (Å²) in [7, 11) is 0. The Labute approximate surface area is 144 Å². The van der Waals surface area contributed by atoms with Crippen LogP contribution in [0.3, 0.4) is 0 Å². The normalized spacial score (nSPS) is 19.1. The molecule has 0 N–H and O–H groups in total. The van der Waals surface area contributed by atoms with Gasteiger partial charge in [-0.25, -0.2) is 4.98 Å². The van der Waals surface area contributed by atoms with Gasteiger partial charge in [0.1, 0.15) is 5.75 Å². The highest BCUT2D eigenvalue weighted by Crippen LogP contribution is 2.15. The van der Waals surface area contributed by atoms with E-state index in [2.05, 4.69) is 45.6 Å². The molecule has 0 amide bonds. The Hall–Kier alpha value is -1.85. The molecule has 2 aromatic rings. The third-order valence-corrected chi connectivity index (χ3v) is 4.25. The summed E-state index contributed by atoms with van der Waals surface area (Å²) in [4.78, 5) is 6.51. The van der Waals surface area contributed by atoms with Gasteiger partial charge in [-0.15, -0.1) is 0 Å². The van der Waals surface area contributed by atoms with Crippen LogP contribution >= 0.6 is 0 Å². The molecule has 1 unspecified atom stereocenters. The summed E-state index contributed by atoms with van der Waals surface area (Å²) < 4.78 is 13.6. The van der Waals surface area contributed by atoms with Crippen molar-refractivity contribution in [2.45, 2.75) is 39.0 Å². The summed E-state index contributed by atoms with van der Waals surface area (Å²) in [5.74, 6) is 0.942. The van der Waals surface area contributed by atoms with Crippen molar-refractivity contribution in [2.75, 3.05) is 26.3 Å². The molecule has 1 aliphatic heterocycles. The fourth-order valence-electron chi connectivity index (χ4n) is 3.03.